The van der Waals surface area contributed by atoms with Gasteiger partial charge < -0.3 is 15.4 Å². The predicted octanol–water partition coefficient (Wildman–Crippen LogP) is 4.46. The molecular formula is C24H22F3N5O3. The summed E-state index contributed by atoms with van der Waals surface area (Å²) < 4.78 is 46.4. The Hall–Kier alpha value is -4.41. The Morgan fingerprint density at radius 2 is 1.86 bits per heavy atom. The summed E-state index contributed by atoms with van der Waals surface area (Å²) in [6.07, 6.45) is 1.45. The lowest BCUT2D eigenvalue weighted by Crippen LogP contribution is -2.15. The number of alkyl halides is 3. The molecule has 0 unspecified atom stereocenters. The molecule has 2 aromatic heterocycles. The highest BCUT2D eigenvalue weighted by Gasteiger charge is 2.36. The van der Waals surface area contributed by atoms with Crippen molar-refractivity contribution in [1.29, 1.82) is 0 Å². The second-order valence-corrected chi connectivity index (χ2v) is 7.25. The highest BCUT2D eigenvalue weighted by molar-refractivity contribution is 6.05. The Morgan fingerprint density at radius 3 is 2.49 bits per heavy atom. The Bertz CT molecular complexity index is 1280. The molecule has 0 aliphatic rings. The van der Waals surface area contributed by atoms with E-state index in [0.717, 1.165) is 10.7 Å². The van der Waals surface area contributed by atoms with Gasteiger partial charge in [-0.15, -0.1) is 0 Å². The van der Waals surface area contributed by atoms with Gasteiger partial charge in [0.15, 0.2) is 0 Å². The average molecular weight is 485 g/mol. The largest absolute Gasteiger partial charge is 0.465 e. The standard InChI is InChI=1S/C24H22F3N5O3/c1-15(6-5-11-28-2)19-13-20(24(25,26)27)32(31-19)18-9-10-21(29-14-18)30-22(33)16-7-4-8-17(12-16)23(34)35-3/h4-14,28H,1-3H3,(H,29,30,33)/b11-5-,15-6+. The molecular weight excluding hydrogens is 463 g/mol. The minimum atomic E-state index is -4.65. The lowest BCUT2D eigenvalue weighted by molar-refractivity contribution is -0.142. The number of methoxy groups -OCH3 is 1. The van der Waals surface area contributed by atoms with Crippen LogP contribution in [0.15, 0.2) is 67.0 Å². The number of anilines is 1. The fourth-order valence-corrected chi connectivity index (χ4v) is 3.03. The predicted molar refractivity (Wildman–Crippen MR) is 124 cm³/mol. The van der Waals surface area contributed by atoms with Crippen molar-refractivity contribution in [3.05, 3.63) is 89.5 Å². The molecule has 1 amide bonds. The van der Waals surface area contributed by atoms with E-state index in [-0.39, 0.29) is 28.3 Å². The van der Waals surface area contributed by atoms with E-state index in [0.29, 0.717) is 5.57 Å². The minimum absolute atomic E-state index is 0.0628. The number of allylic oxidation sites excluding steroid dienone is 3. The number of halogens is 3. The maximum absolute atomic E-state index is 13.7. The van der Waals surface area contributed by atoms with Crippen LogP contribution < -0.4 is 10.6 Å². The zero-order valence-electron chi connectivity index (χ0n) is 19.1. The lowest BCUT2D eigenvalue weighted by atomic mass is 10.1. The van der Waals surface area contributed by atoms with Crippen molar-refractivity contribution in [2.24, 2.45) is 0 Å². The number of hydrogen-bond acceptors (Lipinski definition) is 6. The van der Waals surface area contributed by atoms with Crippen LogP contribution in [0.25, 0.3) is 11.3 Å². The van der Waals surface area contributed by atoms with E-state index in [9.17, 15) is 22.8 Å². The van der Waals surface area contributed by atoms with Gasteiger partial charge in [-0.1, -0.05) is 12.1 Å². The van der Waals surface area contributed by atoms with E-state index in [1.165, 1.54) is 49.7 Å². The minimum Gasteiger partial charge on any atom is -0.465 e. The topological polar surface area (TPSA) is 98.1 Å². The number of nitrogens with zero attached hydrogens (tertiary/aromatic N) is 3. The fourth-order valence-electron chi connectivity index (χ4n) is 3.03. The molecule has 1 aromatic carbocycles. The summed E-state index contributed by atoms with van der Waals surface area (Å²) in [5.74, 6) is -1.04. The summed E-state index contributed by atoms with van der Waals surface area (Å²) in [5.41, 5.74) is 0.171. The van der Waals surface area contributed by atoms with E-state index < -0.39 is 23.7 Å². The van der Waals surface area contributed by atoms with Gasteiger partial charge in [0.05, 0.1) is 30.3 Å². The van der Waals surface area contributed by atoms with Gasteiger partial charge >= 0.3 is 12.1 Å². The number of carbonyl (C=O) groups excluding carboxylic acids is 2. The number of nitrogens with one attached hydrogen (secondary N) is 2. The molecule has 0 atom stereocenters. The Balaban J connectivity index is 1.85. The van der Waals surface area contributed by atoms with E-state index >= 15 is 0 Å². The van der Waals surface area contributed by atoms with Crippen LogP contribution in [-0.2, 0) is 10.9 Å². The molecule has 3 rings (SSSR count). The molecule has 0 aliphatic heterocycles. The van der Waals surface area contributed by atoms with Crippen molar-refractivity contribution in [2.45, 2.75) is 13.1 Å². The molecule has 8 nitrogen and oxygen atoms in total. The number of rotatable bonds is 7. The number of ether oxygens (including phenoxy) is 1. The number of carbonyl (C=O) groups is 2. The van der Waals surface area contributed by atoms with Crippen molar-refractivity contribution in [2.75, 3.05) is 19.5 Å². The van der Waals surface area contributed by atoms with E-state index in [1.807, 2.05) is 0 Å². The summed E-state index contributed by atoms with van der Waals surface area (Å²) in [5, 5.41) is 9.43. The number of esters is 1. The van der Waals surface area contributed by atoms with Gasteiger partial charge in [-0.25, -0.2) is 14.5 Å². The third-order valence-corrected chi connectivity index (χ3v) is 4.79. The molecule has 0 aliphatic carbocycles. The molecule has 182 valence electrons. The first-order valence-corrected chi connectivity index (χ1v) is 10.3. The van der Waals surface area contributed by atoms with Gasteiger partial charge in [-0.05, 0) is 61.2 Å². The Morgan fingerprint density at radius 1 is 1.11 bits per heavy atom. The Kier molecular flexibility index (Phi) is 7.69. The first kappa shape index (κ1) is 25.2. The molecule has 0 saturated carbocycles. The van der Waals surface area contributed by atoms with Crippen molar-refractivity contribution in [1.82, 2.24) is 20.1 Å². The van der Waals surface area contributed by atoms with Gasteiger partial charge in [0.1, 0.15) is 11.5 Å². The SMILES string of the molecule is CN/C=C\C=C(/C)c1cc(C(F)(F)F)n(-c2ccc(NC(=O)c3cccc(C(=O)OC)c3)nc2)n1. The van der Waals surface area contributed by atoms with Crippen molar-refractivity contribution in [3.63, 3.8) is 0 Å². The molecule has 0 radical (unpaired) electrons. The van der Waals surface area contributed by atoms with Gasteiger partial charge in [0.25, 0.3) is 5.91 Å². The van der Waals surface area contributed by atoms with E-state index in [2.05, 4.69) is 25.5 Å². The summed E-state index contributed by atoms with van der Waals surface area (Å²) in [7, 11) is 2.93. The summed E-state index contributed by atoms with van der Waals surface area (Å²) in [6.45, 7) is 1.65. The second kappa shape index (κ2) is 10.7. The molecule has 11 heteroatoms. The summed E-state index contributed by atoms with van der Waals surface area (Å²) in [6, 6.07) is 9.56. The summed E-state index contributed by atoms with van der Waals surface area (Å²) >= 11 is 0. The number of amides is 1. The van der Waals surface area contributed by atoms with Gasteiger partial charge in [0.2, 0.25) is 0 Å². The first-order valence-electron chi connectivity index (χ1n) is 10.3. The van der Waals surface area contributed by atoms with Crippen LogP contribution in [0.1, 0.15) is 39.0 Å². The number of pyridine rings is 1. The normalized spacial score (nSPS) is 12.0. The van der Waals surface area contributed by atoms with Gasteiger partial charge in [-0.2, -0.15) is 18.3 Å². The summed E-state index contributed by atoms with van der Waals surface area (Å²) in [4.78, 5) is 28.2. The monoisotopic (exact) mass is 485 g/mol. The molecule has 0 saturated heterocycles. The molecule has 35 heavy (non-hydrogen) atoms. The van der Waals surface area contributed by atoms with Crippen LogP contribution in [0.2, 0.25) is 0 Å². The first-order chi connectivity index (χ1) is 16.6. The van der Waals surface area contributed by atoms with E-state index in [1.54, 1.807) is 32.3 Å². The quantitative estimate of drug-likeness (QED) is 0.379. The molecule has 3 aromatic rings. The maximum Gasteiger partial charge on any atom is 0.433 e. The lowest BCUT2D eigenvalue weighted by Gasteiger charge is -2.11. The molecule has 0 fully saturated rings. The van der Waals surface area contributed by atoms with E-state index in [4.69, 9.17) is 0 Å². The van der Waals surface area contributed by atoms with Crippen LogP contribution in [-0.4, -0.2) is 40.8 Å². The molecule has 0 spiro atoms. The highest BCUT2D eigenvalue weighted by atomic mass is 19.4. The molecule has 0 bridgehead atoms. The van der Waals surface area contributed by atoms with Gasteiger partial charge in [-0.3, -0.25) is 4.79 Å². The third kappa shape index (κ3) is 6.14. The number of aromatic nitrogens is 3. The van der Waals surface area contributed by atoms with Crippen LogP contribution in [0, 0.1) is 0 Å². The van der Waals surface area contributed by atoms with Crippen LogP contribution >= 0.6 is 0 Å². The van der Waals surface area contributed by atoms with Crippen LogP contribution in [0.3, 0.4) is 0 Å². The average Bonchev–Trinajstić information content (AvgIpc) is 3.30. The van der Waals surface area contributed by atoms with Gasteiger partial charge in [0, 0.05) is 12.6 Å². The number of hydrogen-bond donors (Lipinski definition) is 2. The fraction of sp³-hybridized carbons (Fsp3) is 0.167. The second-order valence-electron chi connectivity index (χ2n) is 7.25. The van der Waals surface area contributed by atoms with Crippen molar-refractivity contribution in [3.8, 4) is 5.69 Å². The zero-order valence-corrected chi connectivity index (χ0v) is 19.1. The number of benzene rings is 1. The third-order valence-electron chi connectivity index (χ3n) is 4.79. The Labute approximate surface area is 199 Å². The van der Waals surface area contributed by atoms with Crippen LogP contribution in [0.4, 0.5) is 19.0 Å². The smallest absolute Gasteiger partial charge is 0.433 e. The highest BCUT2D eigenvalue weighted by Crippen LogP contribution is 2.33. The van der Waals surface area contributed by atoms with Crippen molar-refractivity contribution >= 4 is 23.3 Å². The zero-order chi connectivity index (χ0) is 25.6. The van der Waals surface area contributed by atoms with Crippen LogP contribution in [0.5, 0.6) is 0 Å². The molecule has 2 N–H and O–H groups in total. The maximum atomic E-state index is 13.7. The molecule has 2 heterocycles. The van der Waals surface area contributed by atoms with Crippen molar-refractivity contribution < 1.29 is 27.5 Å².